The number of benzene rings is 1. The highest BCUT2D eigenvalue weighted by Gasteiger charge is 2.35. The molecule has 3 heterocycles. The van der Waals surface area contributed by atoms with Crippen LogP contribution in [0.4, 0.5) is 0 Å². The summed E-state index contributed by atoms with van der Waals surface area (Å²) in [7, 11) is 0. The first kappa shape index (κ1) is 13.0. The highest BCUT2D eigenvalue weighted by atomic mass is 15.3. The molecule has 21 heavy (non-hydrogen) atoms. The lowest BCUT2D eigenvalue weighted by Crippen LogP contribution is -2.32. The third-order valence-corrected chi connectivity index (χ3v) is 5.05. The van der Waals surface area contributed by atoms with Gasteiger partial charge >= 0.3 is 0 Å². The van der Waals surface area contributed by atoms with E-state index in [4.69, 9.17) is 0 Å². The van der Waals surface area contributed by atoms with Crippen LogP contribution in [0, 0.1) is 0 Å². The summed E-state index contributed by atoms with van der Waals surface area (Å²) in [6.45, 7) is 5.50. The van der Waals surface area contributed by atoms with Gasteiger partial charge in [-0.1, -0.05) is 30.3 Å². The van der Waals surface area contributed by atoms with E-state index in [1.165, 1.54) is 18.4 Å². The molecule has 4 heteroatoms. The molecule has 2 aromatic rings. The van der Waals surface area contributed by atoms with Crippen LogP contribution in [0.5, 0.6) is 0 Å². The van der Waals surface area contributed by atoms with Gasteiger partial charge in [-0.25, -0.2) is 0 Å². The maximum absolute atomic E-state index is 4.57. The summed E-state index contributed by atoms with van der Waals surface area (Å²) in [5.41, 5.74) is 1.18. The Morgan fingerprint density at radius 2 is 1.86 bits per heavy atom. The Labute approximate surface area is 125 Å². The maximum atomic E-state index is 4.57. The minimum absolute atomic E-state index is 0.115. The predicted molar refractivity (Wildman–Crippen MR) is 82.2 cm³/mol. The fraction of sp³-hybridized carbons (Fsp3) is 0.529. The molecule has 2 bridgehead atoms. The van der Waals surface area contributed by atoms with Crippen LogP contribution in [0.2, 0.25) is 0 Å². The average molecular weight is 282 g/mol. The first-order valence-corrected chi connectivity index (χ1v) is 7.89. The van der Waals surface area contributed by atoms with Crippen molar-refractivity contribution in [2.75, 3.05) is 0 Å². The Hall–Kier alpha value is -1.68. The fourth-order valence-electron chi connectivity index (χ4n) is 3.77. The molecule has 1 aromatic carbocycles. The van der Waals surface area contributed by atoms with Crippen LogP contribution in [0.25, 0.3) is 0 Å². The van der Waals surface area contributed by atoms with E-state index in [9.17, 15) is 0 Å². The predicted octanol–water partition coefficient (Wildman–Crippen LogP) is 2.28. The van der Waals surface area contributed by atoms with E-state index >= 15 is 0 Å². The van der Waals surface area contributed by atoms with Gasteiger partial charge in [0.25, 0.3) is 0 Å². The van der Waals surface area contributed by atoms with E-state index in [0.29, 0.717) is 12.1 Å². The standard InChI is InChI=1S/C17H22N4/c1-17(2,12-6-4-3-5-7-12)16-20-19-15-10-13-8-9-14(18-13)11-21(15)16/h3-7,13-14,18H,8-11H2,1-2H3. The second-order valence-electron chi connectivity index (χ2n) is 6.88. The van der Waals surface area contributed by atoms with Gasteiger partial charge in [0.1, 0.15) is 11.6 Å². The lowest BCUT2D eigenvalue weighted by molar-refractivity contribution is 0.465. The number of hydrogen-bond donors (Lipinski definition) is 1. The molecule has 1 saturated heterocycles. The quantitative estimate of drug-likeness (QED) is 0.919. The number of nitrogens with zero attached hydrogens (tertiary/aromatic N) is 3. The van der Waals surface area contributed by atoms with Gasteiger partial charge in [-0.15, -0.1) is 10.2 Å². The topological polar surface area (TPSA) is 42.7 Å². The van der Waals surface area contributed by atoms with Crippen molar-refractivity contribution in [3.63, 3.8) is 0 Å². The third-order valence-electron chi connectivity index (χ3n) is 5.05. The van der Waals surface area contributed by atoms with Gasteiger partial charge in [0.15, 0.2) is 0 Å². The molecule has 4 rings (SSSR count). The van der Waals surface area contributed by atoms with Crippen LogP contribution in [-0.2, 0) is 18.4 Å². The summed E-state index contributed by atoms with van der Waals surface area (Å²) in [6.07, 6.45) is 3.55. The van der Waals surface area contributed by atoms with Crippen molar-refractivity contribution < 1.29 is 0 Å². The zero-order valence-electron chi connectivity index (χ0n) is 12.7. The zero-order chi connectivity index (χ0) is 14.4. The van der Waals surface area contributed by atoms with Crippen LogP contribution in [0.15, 0.2) is 30.3 Å². The molecular formula is C17H22N4. The minimum atomic E-state index is -0.115. The summed E-state index contributed by atoms with van der Waals surface area (Å²) in [5, 5.41) is 12.8. The molecule has 1 aromatic heterocycles. The summed E-state index contributed by atoms with van der Waals surface area (Å²) in [4.78, 5) is 0. The van der Waals surface area contributed by atoms with E-state index < -0.39 is 0 Å². The highest BCUT2D eigenvalue weighted by molar-refractivity contribution is 5.31. The molecule has 0 radical (unpaired) electrons. The number of rotatable bonds is 2. The van der Waals surface area contributed by atoms with Gasteiger partial charge in [-0.3, -0.25) is 0 Å². The average Bonchev–Trinajstić information content (AvgIpc) is 3.03. The molecule has 2 aliphatic heterocycles. The van der Waals surface area contributed by atoms with Crippen molar-refractivity contribution in [2.24, 2.45) is 0 Å². The van der Waals surface area contributed by atoms with E-state index in [0.717, 1.165) is 24.6 Å². The van der Waals surface area contributed by atoms with Crippen molar-refractivity contribution >= 4 is 0 Å². The second kappa shape index (κ2) is 4.67. The molecule has 0 aliphatic carbocycles. The van der Waals surface area contributed by atoms with Crippen LogP contribution >= 0.6 is 0 Å². The summed E-state index contributed by atoms with van der Waals surface area (Å²) in [6, 6.07) is 11.8. The monoisotopic (exact) mass is 282 g/mol. The van der Waals surface area contributed by atoms with E-state index in [1.54, 1.807) is 0 Å². The van der Waals surface area contributed by atoms with Crippen molar-refractivity contribution in [1.82, 2.24) is 20.1 Å². The van der Waals surface area contributed by atoms with Gasteiger partial charge in [0, 0.05) is 30.5 Å². The molecule has 2 unspecified atom stereocenters. The summed E-state index contributed by atoms with van der Waals surface area (Å²) in [5.74, 6) is 2.24. The normalized spacial score (nSPS) is 24.7. The molecule has 110 valence electrons. The molecule has 2 aliphatic rings. The highest BCUT2D eigenvalue weighted by Crippen LogP contribution is 2.32. The number of nitrogens with one attached hydrogen (secondary N) is 1. The number of fused-ring (bicyclic) bond motifs is 3. The third kappa shape index (κ3) is 2.09. The van der Waals surface area contributed by atoms with Gasteiger partial charge in [-0.2, -0.15) is 0 Å². The Morgan fingerprint density at radius 1 is 1.10 bits per heavy atom. The number of hydrogen-bond acceptors (Lipinski definition) is 3. The maximum Gasteiger partial charge on any atom is 0.143 e. The van der Waals surface area contributed by atoms with Gasteiger partial charge in [0.2, 0.25) is 0 Å². The second-order valence-corrected chi connectivity index (χ2v) is 6.88. The van der Waals surface area contributed by atoms with Crippen molar-refractivity contribution in [1.29, 1.82) is 0 Å². The molecule has 0 amide bonds. The Kier molecular flexibility index (Phi) is 2.89. The van der Waals surface area contributed by atoms with E-state index in [2.05, 4.69) is 64.3 Å². The lowest BCUT2D eigenvalue weighted by Gasteiger charge is -2.26. The summed E-state index contributed by atoms with van der Waals surface area (Å²) >= 11 is 0. The Morgan fingerprint density at radius 3 is 2.67 bits per heavy atom. The van der Waals surface area contributed by atoms with Crippen LogP contribution in [0.1, 0.15) is 43.9 Å². The van der Waals surface area contributed by atoms with E-state index in [1.807, 2.05) is 0 Å². The van der Waals surface area contributed by atoms with Crippen LogP contribution < -0.4 is 5.32 Å². The van der Waals surface area contributed by atoms with Gasteiger partial charge in [0.05, 0.1) is 0 Å². The number of aromatic nitrogens is 3. The van der Waals surface area contributed by atoms with Crippen molar-refractivity contribution in [3.8, 4) is 0 Å². The van der Waals surface area contributed by atoms with Crippen LogP contribution in [-0.4, -0.2) is 26.8 Å². The SMILES string of the molecule is CC(C)(c1ccccc1)c1nnc2n1CC1CCC(C2)N1. The molecule has 0 saturated carbocycles. The van der Waals surface area contributed by atoms with E-state index in [-0.39, 0.29) is 5.41 Å². The Bertz CT molecular complexity index is 644. The first-order chi connectivity index (χ1) is 10.1. The van der Waals surface area contributed by atoms with Gasteiger partial charge < -0.3 is 9.88 Å². The minimum Gasteiger partial charge on any atom is -0.313 e. The smallest absolute Gasteiger partial charge is 0.143 e. The zero-order valence-corrected chi connectivity index (χ0v) is 12.7. The molecule has 1 N–H and O–H groups in total. The molecule has 1 fully saturated rings. The van der Waals surface area contributed by atoms with Gasteiger partial charge in [-0.05, 0) is 32.3 Å². The largest absolute Gasteiger partial charge is 0.313 e. The molecule has 0 spiro atoms. The fourth-order valence-corrected chi connectivity index (χ4v) is 3.77. The molecule has 2 atom stereocenters. The lowest BCUT2D eigenvalue weighted by atomic mass is 9.83. The first-order valence-electron chi connectivity index (χ1n) is 7.89. The van der Waals surface area contributed by atoms with Crippen molar-refractivity contribution in [2.45, 2.75) is 57.2 Å². The summed E-state index contributed by atoms with van der Waals surface area (Å²) < 4.78 is 2.36. The molecular weight excluding hydrogens is 260 g/mol. The van der Waals surface area contributed by atoms with Crippen molar-refractivity contribution in [3.05, 3.63) is 47.5 Å². The molecule has 4 nitrogen and oxygen atoms in total. The van der Waals surface area contributed by atoms with Crippen LogP contribution in [0.3, 0.4) is 0 Å². The Balaban J connectivity index is 1.77.